The molecule has 2 saturated heterocycles. The van der Waals surface area contributed by atoms with Crippen molar-refractivity contribution >= 4 is 5.97 Å². The van der Waals surface area contributed by atoms with Gasteiger partial charge in [0, 0.05) is 24.9 Å². The quantitative estimate of drug-likeness (QED) is 0.566. The van der Waals surface area contributed by atoms with Gasteiger partial charge in [-0.1, -0.05) is 25.5 Å². The van der Waals surface area contributed by atoms with Crippen molar-refractivity contribution in [1.29, 1.82) is 0 Å². The fourth-order valence-electron chi connectivity index (χ4n) is 6.65. The number of rotatable bonds is 3. The van der Waals surface area contributed by atoms with Crippen molar-refractivity contribution in [3.05, 3.63) is 11.6 Å². The van der Waals surface area contributed by atoms with Crippen molar-refractivity contribution in [2.45, 2.75) is 103 Å². The number of esters is 1. The summed E-state index contributed by atoms with van der Waals surface area (Å²) in [6.07, 6.45) is 6.38. The fraction of sp³-hybridized carbons (Fsp3) is 0.875. The summed E-state index contributed by atoms with van der Waals surface area (Å²) in [6.45, 7) is 11.1. The molecule has 5 heteroatoms. The number of carbonyl (C=O) groups excluding carboxylic acids is 1. The molecule has 0 spiro atoms. The molecule has 1 aliphatic carbocycles. The van der Waals surface area contributed by atoms with E-state index in [1.807, 2.05) is 13.8 Å². The van der Waals surface area contributed by atoms with Gasteiger partial charge < -0.3 is 19.3 Å². The molecular weight excluding hydrogens is 368 g/mol. The molecular formula is C24H38O5. The zero-order valence-corrected chi connectivity index (χ0v) is 18.6. The SMILES string of the molecule is CCCC(=O)O[C@]1(C)CC/C=C(\C)C[C@H]2O[C@@H]1[C@@H]1[C@@H]3C[C@@H](OC[C@@H]3C)[C@](C)(O)[C@@H]12. The second kappa shape index (κ2) is 7.65. The molecule has 1 N–H and O–H groups in total. The fourth-order valence-corrected chi connectivity index (χ4v) is 6.65. The molecule has 3 aliphatic heterocycles. The minimum atomic E-state index is -0.936. The van der Waals surface area contributed by atoms with Gasteiger partial charge in [-0.3, -0.25) is 4.79 Å². The molecule has 3 heterocycles. The largest absolute Gasteiger partial charge is 0.457 e. The number of hydrogen-bond donors (Lipinski definition) is 1. The van der Waals surface area contributed by atoms with Crippen LogP contribution in [0, 0.1) is 23.7 Å². The molecule has 3 fully saturated rings. The van der Waals surface area contributed by atoms with Gasteiger partial charge in [0.15, 0.2) is 0 Å². The summed E-state index contributed by atoms with van der Waals surface area (Å²) in [5.41, 5.74) is -0.320. The van der Waals surface area contributed by atoms with Crippen molar-refractivity contribution in [3.63, 3.8) is 0 Å². The van der Waals surface area contributed by atoms with Gasteiger partial charge in [-0.25, -0.2) is 0 Å². The lowest BCUT2D eigenvalue weighted by Gasteiger charge is -2.55. The lowest BCUT2D eigenvalue weighted by atomic mass is 9.55. The smallest absolute Gasteiger partial charge is 0.306 e. The number of carbonyl (C=O) groups is 1. The highest BCUT2D eigenvalue weighted by Gasteiger charge is 2.66. The summed E-state index contributed by atoms with van der Waals surface area (Å²) in [5, 5.41) is 11.6. The van der Waals surface area contributed by atoms with E-state index in [1.165, 1.54) is 5.57 Å². The Kier molecular flexibility index (Phi) is 5.63. The summed E-state index contributed by atoms with van der Waals surface area (Å²) in [7, 11) is 0. The maximum absolute atomic E-state index is 12.5. The predicted molar refractivity (Wildman–Crippen MR) is 110 cm³/mol. The van der Waals surface area contributed by atoms with Gasteiger partial charge in [0.1, 0.15) is 11.7 Å². The molecule has 164 valence electrons. The monoisotopic (exact) mass is 406 g/mol. The summed E-state index contributed by atoms with van der Waals surface area (Å²) in [4.78, 5) is 12.5. The lowest BCUT2D eigenvalue weighted by molar-refractivity contribution is -0.223. The van der Waals surface area contributed by atoms with Gasteiger partial charge in [0.25, 0.3) is 0 Å². The summed E-state index contributed by atoms with van der Waals surface area (Å²) < 4.78 is 19.0. The van der Waals surface area contributed by atoms with E-state index in [-0.39, 0.29) is 36.1 Å². The zero-order chi connectivity index (χ0) is 21.0. The maximum atomic E-state index is 12.5. The summed E-state index contributed by atoms with van der Waals surface area (Å²) >= 11 is 0. The molecule has 5 nitrogen and oxygen atoms in total. The van der Waals surface area contributed by atoms with Gasteiger partial charge in [-0.2, -0.15) is 0 Å². The van der Waals surface area contributed by atoms with E-state index in [2.05, 4.69) is 26.8 Å². The highest BCUT2D eigenvalue weighted by Crippen LogP contribution is 2.58. The first-order valence-corrected chi connectivity index (χ1v) is 11.5. The first kappa shape index (κ1) is 21.3. The minimum absolute atomic E-state index is 0.00958. The number of fused-ring (bicyclic) bond motifs is 8. The Labute approximate surface area is 175 Å². The Morgan fingerprint density at radius 2 is 2.14 bits per heavy atom. The number of hydrogen-bond acceptors (Lipinski definition) is 5. The molecule has 1 saturated carbocycles. The molecule has 0 radical (unpaired) electrons. The van der Waals surface area contributed by atoms with Crippen LogP contribution in [0.15, 0.2) is 11.6 Å². The Balaban J connectivity index is 1.76. The highest BCUT2D eigenvalue weighted by molar-refractivity contribution is 5.69. The van der Waals surface area contributed by atoms with Crippen LogP contribution in [0.1, 0.15) is 73.1 Å². The van der Waals surface area contributed by atoms with E-state index in [0.29, 0.717) is 24.9 Å². The van der Waals surface area contributed by atoms with E-state index < -0.39 is 11.2 Å². The topological polar surface area (TPSA) is 65.0 Å². The van der Waals surface area contributed by atoms with Crippen LogP contribution in [0.4, 0.5) is 0 Å². The first-order valence-electron chi connectivity index (χ1n) is 11.5. The van der Waals surface area contributed by atoms with Crippen LogP contribution >= 0.6 is 0 Å². The molecule has 0 aromatic rings. The Morgan fingerprint density at radius 1 is 1.38 bits per heavy atom. The van der Waals surface area contributed by atoms with Crippen LogP contribution in [0.3, 0.4) is 0 Å². The van der Waals surface area contributed by atoms with E-state index in [4.69, 9.17) is 14.2 Å². The molecule has 4 bridgehead atoms. The molecule has 0 amide bonds. The van der Waals surface area contributed by atoms with Gasteiger partial charge in [-0.05, 0) is 64.7 Å². The zero-order valence-electron chi connectivity index (χ0n) is 18.6. The van der Waals surface area contributed by atoms with Crippen LogP contribution in [-0.2, 0) is 19.0 Å². The first-order chi connectivity index (χ1) is 13.7. The maximum Gasteiger partial charge on any atom is 0.306 e. The molecule has 4 aliphatic rings. The number of ether oxygens (including phenoxy) is 3. The molecule has 0 aromatic heterocycles. The second-order valence-corrected chi connectivity index (χ2v) is 10.5. The van der Waals surface area contributed by atoms with Crippen molar-refractivity contribution in [2.75, 3.05) is 6.61 Å². The van der Waals surface area contributed by atoms with Crippen LogP contribution in [0.5, 0.6) is 0 Å². The lowest BCUT2D eigenvalue weighted by Crippen LogP contribution is -2.63. The molecule has 0 aromatic carbocycles. The van der Waals surface area contributed by atoms with E-state index >= 15 is 0 Å². The Morgan fingerprint density at radius 3 is 2.86 bits per heavy atom. The van der Waals surface area contributed by atoms with E-state index in [9.17, 15) is 9.90 Å². The van der Waals surface area contributed by atoms with Gasteiger partial charge in [0.2, 0.25) is 0 Å². The Hall–Kier alpha value is -0.910. The summed E-state index contributed by atoms with van der Waals surface area (Å²) in [6, 6.07) is 0. The average Bonchev–Trinajstić information content (AvgIpc) is 3.03. The van der Waals surface area contributed by atoms with Crippen LogP contribution in [-0.4, -0.2) is 47.2 Å². The van der Waals surface area contributed by atoms with Crippen molar-refractivity contribution in [1.82, 2.24) is 0 Å². The predicted octanol–water partition coefficient (Wildman–Crippen LogP) is 4.02. The third-order valence-electron chi connectivity index (χ3n) is 8.14. The van der Waals surface area contributed by atoms with Crippen LogP contribution in [0.2, 0.25) is 0 Å². The second-order valence-electron chi connectivity index (χ2n) is 10.5. The Bertz CT molecular complexity index is 670. The average molecular weight is 407 g/mol. The van der Waals surface area contributed by atoms with Crippen molar-refractivity contribution < 1.29 is 24.1 Å². The van der Waals surface area contributed by atoms with Crippen LogP contribution < -0.4 is 0 Å². The molecule has 29 heavy (non-hydrogen) atoms. The molecule has 9 atom stereocenters. The van der Waals surface area contributed by atoms with Gasteiger partial charge in [0.05, 0.1) is 17.8 Å². The van der Waals surface area contributed by atoms with Gasteiger partial charge in [-0.15, -0.1) is 0 Å². The molecule has 4 rings (SSSR count). The normalized spacial score (nSPS) is 51.1. The van der Waals surface area contributed by atoms with E-state index in [0.717, 1.165) is 32.1 Å². The number of allylic oxidation sites excluding steroid dienone is 1. The molecule has 0 unspecified atom stereocenters. The number of aliphatic hydroxyl groups is 1. The van der Waals surface area contributed by atoms with Crippen molar-refractivity contribution in [2.24, 2.45) is 23.7 Å². The van der Waals surface area contributed by atoms with E-state index in [1.54, 1.807) is 0 Å². The van der Waals surface area contributed by atoms with Crippen LogP contribution in [0.25, 0.3) is 0 Å². The minimum Gasteiger partial charge on any atom is -0.457 e. The standard InChI is InChI=1S/C24H38O5/c1-6-8-19(25)29-23(4)10-7-9-14(2)11-17-21-20(22(23)28-17)16-12-18(24(21,5)26)27-13-15(16)3/h9,15-18,20-22,26H,6-8,10-13H2,1-5H3/b14-9+/t15-,16+,17+,18+,20+,21+,22+,23+,24-/m0/s1. The highest BCUT2D eigenvalue weighted by atomic mass is 16.6. The third kappa shape index (κ3) is 3.57. The van der Waals surface area contributed by atoms with Gasteiger partial charge >= 0.3 is 5.97 Å². The summed E-state index contributed by atoms with van der Waals surface area (Å²) in [5.74, 6) is 0.857. The van der Waals surface area contributed by atoms with Crippen molar-refractivity contribution in [3.8, 4) is 0 Å². The third-order valence-corrected chi connectivity index (χ3v) is 8.14.